The Labute approximate surface area is 349 Å². The molecule has 0 bridgehead atoms. The first-order chi connectivity index (χ1) is 29.5. The molecule has 6 nitrogen and oxygen atoms in total. The molecule has 4 heterocycles. The van der Waals surface area contributed by atoms with Crippen LogP contribution in [0.1, 0.15) is 50.7 Å². The van der Waals surface area contributed by atoms with Gasteiger partial charge < -0.3 is 4.90 Å². The highest BCUT2D eigenvalue weighted by molar-refractivity contribution is 6.12. The number of hydrogen-bond acceptors (Lipinski definition) is 3. The molecule has 0 spiro atoms. The van der Waals surface area contributed by atoms with Gasteiger partial charge in [-0.25, -0.2) is 9.97 Å². The zero-order valence-electron chi connectivity index (χ0n) is 34.2. The summed E-state index contributed by atoms with van der Waals surface area (Å²) < 4.78 is 7.10. The van der Waals surface area contributed by atoms with E-state index in [2.05, 4.69) is 216 Å². The van der Waals surface area contributed by atoms with Gasteiger partial charge in [-0.2, -0.15) is 0 Å². The van der Waals surface area contributed by atoms with Crippen LogP contribution < -0.4 is 4.90 Å². The molecule has 0 N–H and O–H groups in total. The zero-order valence-corrected chi connectivity index (χ0v) is 34.2. The average Bonchev–Trinajstić information content (AvgIpc) is 3.94. The number of pyridine rings is 1. The van der Waals surface area contributed by atoms with Crippen LogP contribution >= 0.6 is 0 Å². The molecule has 0 saturated heterocycles. The summed E-state index contributed by atoms with van der Waals surface area (Å²) in [6, 6.07) is 63.2. The first-order valence-corrected chi connectivity index (χ1v) is 20.9. The van der Waals surface area contributed by atoms with Crippen molar-refractivity contribution in [2.75, 3.05) is 4.90 Å². The lowest BCUT2D eigenvalue weighted by atomic mass is 9.92. The number of anilines is 3. The number of benzene rings is 7. The van der Waals surface area contributed by atoms with E-state index < -0.39 is 0 Å². The molecular formula is C54H44N6. The predicted molar refractivity (Wildman–Crippen MR) is 250 cm³/mol. The van der Waals surface area contributed by atoms with Crippen LogP contribution in [0, 0.1) is 0 Å². The van der Waals surface area contributed by atoms with Gasteiger partial charge in [0.25, 0.3) is 0 Å². The molecule has 0 fully saturated rings. The Morgan fingerprint density at radius 3 is 1.57 bits per heavy atom. The molecule has 4 aromatic heterocycles. The minimum Gasteiger partial charge on any atom is -0.310 e. The Morgan fingerprint density at radius 2 is 0.950 bits per heavy atom. The van der Waals surface area contributed by atoms with E-state index in [0.717, 1.165) is 61.9 Å². The number of rotatable bonds is 8. The van der Waals surface area contributed by atoms with Crippen LogP contribution in [0.15, 0.2) is 182 Å². The second-order valence-electron chi connectivity index (χ2n) is 16.3. The van der Waals surface area contributed by atoms with Crippen molar-refractivity contribution >= 4 is 71.7 Å². The molecule has 6 heteroatoms. The number of imidazole rings is 1. The van der Waals surface area contributed by atoms with Crippen molar-refractivity contribution in [2.45, 2.75) is 39.5 Å². The van der Waals surface area contributed by atoms with Crippen molar-refractivity contribution in [2.24, 2.45) is 0 Å². The molecule has 7 aromatic carbocycles. The summed E-state index contributed by atoms with van der Waals surface area (Å²) in [4.78, 5) is 12.7. The van der Waals surface area contributed by atoms with E-state index in [1.54, 1.807) is 0 Å². The summed E-state index contributed by atoms with van der Waals surface area (Å²) in [6.45, 7) is 9.17. The summed E-state index contributed by atoms with van der Waals surface area (Å²) in [6.07, 6.45) is 1.86. The topological polar surface area (TPSA) is 43.8 Å². The minimum atomic E-state index is 0.311. The first-order valence-electron chi connectivity index (χ1n) is 20.9. The highest BCUT2D eigenvalue weighted by Gasteiger charge is 2.26. The molecule has 60 heavy (non-hydrogen) atoms. The SMILES string of the molecule is CC(C)c1cccc(C(C)C)c1-n1c(-n2c3ccccc3c3ccc(N(c4ccccc4)c4ccc5c6ccccc6n(-c6ccccn6)c5c4)cc32)nc2ccccc21. The monoisotopic (exact) mass is 776 g/mol. The molecule has 0 unspecified atom stereocenters. The molecule has 0 amide bonds. The number of para-hydroxylation sites is 6. The maximum atomic E-state index is 5.52. The number of hydrogen-bond donors (Lipinski definition) is 0. The van der Waals surface area contributed by atoms with Crippen LogP contribution in [-0.2, 0) is 0 Å². The third-order valence-electron chi connectivity index (χ3n) is 12.0. The van der Waals surface area contributed by atoms with Gasteiger partial charge in [0.1, 0.15) is 5.82 Å². The fraction of sp³-hybridized carbons (Fsp3) is 0.111. The van der Waals surface area contributed by atoms with Gasteiger partial charge in [0.15, 0.2) is 0 Å². The van der Waals surface area contributed by atoms with Crippen LogP contribution in [0.2, 0.25) is 0 Å². The van der Waals surface area contributed by atoms with Crippen LogP contribution in [0.5, 0.6) is 0 Å². The van der Waals surface area contributed by atoms with Crippen molar-refractivity contribution in [1.29, 1.82) is 0 Å². The molecular weight excluding hydrogens is 733 g/mol. The van der Waals surface area contributed by atoms with Gasteiger partial charge in [0, 0.05) is 44.8 Å². The predicted octanol–water partition coefficient (Wildman–Crippen LogP) is 14.3. The van der Waals surface area contributed by atoms with E-state index in [9.17, 15) is 0 Å². The maximum absolute atomic E-state index is 5.52. The number of aromatic nitrogens is 5. The lowest BCUT2D eigenvalue weighted by Gasteiger charge is -2.26. The Kier molecular flexibility index (Phi) is 8.41. The van der Waals surface area contributed by atoms with Gasteiger partial charge in [-0.3, -0.25) is 13.7 Å². The van der Waals surface area contributed by atoms with Crippen LogP contribution in [0.4, 0.5) is 17.1 Å². The average molecular weight is 777 g/mol. The molecule has 290 valence electrons. The van der Waals surface area contributed by atoms with Gasteiger partial charge >= 0.3 is 0 Å². The molecule has 11 rings (SSSR count). The van der Waals surface area contributed by atoms with Gasteiger partial charge in [-0.05, 0) is 95.8 Å². The zero-order chi connectivity index (χ0) is 40.5. The Balaban J connectivity index is 1.20. The molecule has 0 radical (unpaired) electrons. The van der Waals surface area contributed by atoms with Gasteiger partial charge in [0.2, 0.25) is 5.95 Å². The smallest absolute Gasteiger partial charge is 0.220 e. The van der Waals surface area contributed by atoms with Crippen molar-refractivity contribution in [3.05, 3.63) is 193 Å². The van der Waals surface area contributed by atoms with Crippen LogP contribution in [-0.4, -0.2) is 23.7 Å². The lowest BCUT2D eigenvalue weighted by molar-refractivity contribution is 0.802. The number of nitrogens with zero attached hydrogens (tertiary/aromatic N) is 6. The van der Waals surface area contributed by atoms with Crippen molar-refractivity contribution in [1.82, 2.24) is 23.7 Å². The van der Waals surface area contributed by atoms with Crippen LogP contribution in [0.25, 0.3) is 72.1 Å². The molecule has 11 aromatic rings. The second-order valence-corrected chi connectivity index (χ2v) is 16.3. The van der Waals surface area contributed by atoms with Crippen molar-refractivity contribution in [3.8, 4) is 17.5 Å². The number of fused-ring (bicyclic) bond motifs is 7. The summed E-state index contributed by atoms with van der Waals surface area (Å²) in [5.41, 5.74) is 13.5. The highest BCUT2D eigenvalue weighted by Crippen LogP contribution is 2.43. The largest absolute Gasteiger partial charge is 0.310 e. The third-order valence-corrected chi connectivity index (χ3v) is 12.0. The van der Waals surface area contributed by atoms with E-state index in [0.29, 0.717) is 11.8 Å². The van der Waals surface area contributed by atoms with E-state index in [1.165, 1.54) is 38.4 Å². The van der Waals surface area contributed by atoms with E-state index in [4.69, 9.17) is 9.97 Å². The van der Waals surface area contributed by atoms with Gasteiger partial charge in [-0.15, -0.1) is 0 Å². The van der Waals surface area contributed by atoms with E-state index in [1.807, 2.05) is 12.3 Å². The third kappa shape index (κ3) is 5.55. The van der Waals surface area contributed by atoms with Crippen molar-refractivity contribution < 1.29 is 0 Å². The van der Waals surface area contributed by atoms with Crippen LogP contribution in [0.3, 0.4) is 0 Å². The van der Waals surface area contributed by atoms with E-state index >= 15 is 0 Å². The summed E-state index contributed by atoms with van der Waals surface area (Å²) in [5.74, 6) is 2.39. The van der Waals surface area contributed by atoms with E-state index in [-0.39, 0.29) is 0 Å². The fourth-order valence-electron chi connectivity index (χ4n) is 9.32. The Hall–Kier alpha value is -7.44. The lowest BCUT2D eigenvalue weighted by Crippen LogP contribution is -2.12. The van der Waals surface area contributed by atoms with Gasteiger partial charge in [0.05, 0.1) is 38.8 Å². The molecule has 0 atom stereocenters. The molecule has 0 aliphatic rings. The summed E-state index contributed by atoms with van der Waals surface area (Å²) in [5, 5.41) is 4.74. The fourth-order valence-corrected chi connectivity index (χ4v) is 9.32. The summed E-state index contributed by atoms with van der Waals surface area (Å²) >= 11 is 0. The maximum Gasteiger partial charge on any atom is 0.220 e. The highest BCUT2D eigenvalue weighted by atomic mass is 15.3. The normalized spacial score (nSPS) is 12.0. The Bertz CT molecular complexity index is 3360. The second kappa shape index (κ2) is 14.1. The molecule has 0 aliphatic heterocycles. The Morgan fingerprint density at radius 1 is 0.417 bits per heavy atom. The van der Waals surface area contributed by atoms with Crippen molar-refractivity contribution in [3.63, 3.8) is 0 Å². The summed E-state index contributed by atoms with van der Waals surface area (Å²) in [7, 11) is 0. The minimum absolute atomic E-state index is 0.311. The molecule has 0 saturated carbocycles. The molecule has 0 aliphatic carbocycles. The quantitative estimate of drug-likeness (QED) is 0.154. The standard InChI is InChI=1S/C54H44N6/c1-35(2)40-21-16-22-41(36(3)4)53(40)60-49-26-13-10-23-46(49)56-54(60)59-48-25-12-9-20-43(48)45-31-29-39(34-51(45)59)57(37-17-6-5-7-18-37)38-28-30-44-42-19-8-11-24-47(42)58(50(44)33-38)52-27-14-15-32-55-52/h5-36H,1-4H3. The first kappa shape index (κ1) is 35.7. The van der Waals surface area contributed by atoms with Gasteiger partial charge in [-0.1, -0.05) is 131 Å².